The van der Waals surface area contributed by atoms with Crippen molar-refractivity contribution in [3.05, 3.63) is 259 Å². The Morgan fingerprint density at radius 2 is 0.781 bits per heavy atom. The third-order valence-corrected chi connectivity index (χ3v) is 13.5. The molecule has 12 rings (SSSR count). The third kappa shape index (κ3) is 6.57. The molecule has 0 aliphatic heterocycles. The van der Waals surface area contributed by atoms with Crippen LogP contribution < -0.4 is 4.90 Å². The average Bonchev–Trinajstić information content (AvgIpc) is 3.70. The molecule has 0 amide bonds. The Labute approximate surface area is 375 Å². The van der Waals surface area contributed by atoms with Crippen LogP contribution in [0.25, 0.3) is 76.8 Å². The highest BCUT2D eigenvalue weighted by Gasteiger charge is 2.28. The van der Waals surface area contributed by atoms with E-state index in [0.29, 0.717) is 5.92 Å². The summed E-state index contributed by atoms with van der Waals surface area (Å²) in [5.41, 5.74) is 17.7. The maximum atomic E-state index is 2.45. The molecule has 0 radical (unpaired) electrons. The van der Waals surface area contributed by atoms with Gasteiger partial charge in [-0.3, -0.25) is 0 Å². The number of para-hydroxylation sites is 1. The Hall–Kier alpha value is -8.00. The van der Waals surface area contributed by atoms with Crippen molar-refractivity contribution in [1.82, 2.24) is 0 Å². The Kier molecular flexibility index (Phi) is 9.46. The molecule has 11 aromatic carbocycles. The van der Waals surface area contributed by atoms with E-state index in [2.05, 4.69) is 248 Å². The monoisotopic (exact) mass is 815 g/mol. The summed E-state index contributed by atoms with van der Waals surface area (Å²) in [5.74, 6) is 0.373. The quantitative estimate of drug-likeness (QED) is 0.131. The van der Waals surface area contributed by atoms with E-state index in [-0.39, 0.29) is 0 Å². The van der Waals surface area contributed by atoms with E-state index in [4.69, 9.17) is 0 Å². The molecule has 0 saturated carbocycles. The van der Waals surface area contributed by atoms with Crippen LogP contribution in [0.5, 0.6) is 0 Å². The second kappa shape index (κ2) is 16.0. The lowest BCUT2D eigenvalue weighted by Gasteiger charge is -2.29. The normalized spacial score (nSPS) is 12.1. The maximum absolute atomic E-state index is 2.45. The van der Waals surface area contributed by atoms with E-state index < -0.39 is 0 Å². The molecular weight excluding hydrogens is 771 g/mol. The standard InChI is InChI=1S/C63H45N/c1-3-17-43(18-4-1)44-31-33-46(34-32-44)61-41-47(50-22-8-7-19-45(50)35-38-59-55-27-12-9-23-51(55)52-24-10-13-28-56(52)59)36-40-63(61)64(48-20-5-2-6-21-48)49-37-39-60-57-29-14-11-25-53(57)54-26-15-16-30-58(54)62(60)42-49/h1-34,36-37,39-42,59H,35,38H2. The van der Waals surface area contributed by atoms with Gasteiger partial charge in [-0.05, 0) is 137 Å². The molecule has 64 heavy (non-hydrogen) atoms. The Balaban J connectivity index is 1.01. The van der Waals surface area contributed by atoms with Crippen molar-refractivity contribution in [2.75, 3.05) is 4.90 Å². The Bertz CT molecular complexity index is 3410. The predicted octanol–water partition coefficient (Wildman–Crippen LogP) is 17.4. The Morgan fingerprint density at radius 3 is 1.44 bits per heavy atom. The van der Waals surface area contributed by atoms with E-state index in [1.807, 2.05) is 0 Å². The number of anilines is 3. The average molecular weight is 816 g/mol. The minimum atomic E-state index is 0.373. The summed E-state index contributed by atoms with van der Waals surface area (Å²) in [6.45, 7) is 0. The first kappa shape index (κ1) is 37.7. The van der Waals surface area contributed by atoms with Crippen LogP contribution in [-0.2, 0) is 6.42 Å². The van der Waals surface area contributed by atoms with Gasteiger partial charge in [-0.2, -0.15) is 0 Å². The maximum Gasteiger partial charge on any atom is 0.0540 e. The molecule has 0 bridgehead atoms. The van der Waals surface area contributed by atoms with Gasteiger partial charge in [-0.1, -0.05) is 206 Å². The number of rotatable bonds is 9. The summed E-state index contributed by atoms with van der Waals surface area (Å²) < 4.78 is 0. The minimum Gasteiger partial charge on any atom is -0.310 e. The molecule has 0 N–H and O–H groups in total. The van der Waals surface area contributed by atoms with Gasteiger partial charge in [-0.15, -0.1) is 0 Å². The molecule has 0 aromatic heterocycles. The van der Waals surface area contributed by atoms with Crippen molar-refractivity contribution in [2.24, 2.45) is 0 Å². The van der Waals surface area contributed by atoms with Gasteiger partial charge < -0.3 is 4.90 Å². The summed E-state index contributed by atoms with van der Waals surface area (Å²) in [6.07, 6.45) is 2.02. The van der Waals surface area contributed by atoms with Gasteiger partial charge in [0, 0.05) is 22.9 Å². The van der Waals surface area contributed by atoms with Gasteiger partial charge in [0.25, 0.3) is 0 Å². The van der Waals surface area contributed by atoms with Gasteiger partial charge in [0.15, 0.2) is 0 Å². The van der Waals surface area contributed by atoms with E-state index in [1.54, 1.807) is 0 Å². The van der Waals surface area contributed by atoms with Crippen LogP contribution in [0.4, 0.5) is 17.1 Å². The number of benzene rings is 11. The van der Waals surface area contributed by atoms with Crippen molar-refractivity contribution >= 4 is 49.4 Å². The number of aryl methyl sites for hydroxylation is 1. The van der Waals surface area contributed by atoms with Crippen LogP contribution in [0.1, 0.15) is 29.0 Å². The molecule has 1 aliphatic rings. The molecule has 1 aliphatic carbocycles. The number of nitrogens with zero attached hydrogens (tertiary/aromatic N) is 1. The lowest BCUT2D eigenvalue weighted by Crippen LogP contribution is -2.11. The Morgan fingerprint density at radius 1 is 0.297 bits per heavy atom. The summed E-state index contributed by atoms with van der Waals surface area (Å²) >= 11 is 0. The lowest BCUT2D eigenvalue weighted by molar-refractivity contribution is 0.730. The van der Waals surface area contributed by atoms with Crippen LogP contribution in [0.3, 0.4) is 0 Å². The zero-order valence-electron chi connectivity index (χ0n) is 35.5. The lowest BCUT2D eigenvalue weighted by atomic mass is 9.87. The van der Waals surface area contributed by atoms with Crippen LogP contribution in [0, 0.1) is 0 Å². The van der Waals surface area contributed by atoms with Crippen molar-refractivity contribution in [1.29, 1.82) is 0 Å². The number of fused-ring (bicyclic) bond motifs is 9. The molecule has 11 aromatic rings. The first-order chi connectivity index (χ1) is 31.8. The second-order valence-electron chi connectivity index (χ2n) is 17.1. The van der Waals surface area contributed by atoms with Crippen molar-refractivity contribution in [2.45, 2.75) is 18.8 Å². The van der Waals surface area contributed by atoms with Crippen LogP contribution in [0.15, 0.2) is 243 Å². The fraction of sp³-hybridized carbons (Fsp3) is 0.0476. The van der Waals surface area contributed by atoms with Crippen molar-refractivity contribution < 1.29 is 0 Å². The zero-order chi connectivity index (χ0) is 42.4. The van der Waals surface area contributed by atoms with Crippen LogP contribution in [0.2, 0.25) is 0 Å². The smallest absolute Gasteiger partial charge is 0.0540 e. The van der Waals surface area contributed by atoms with Gasteiger partial charge in [-0.25, -0.2) is 0 Å². The van der Waals surface area contributed by atoms with Crippen LogP contribution >= 0.6 is 0 Å². The summed E-state index contributed by atoms with van der Waals surface area (Å²) in [6, 6.07) is 89.6. The molecule has 0 unspecified atom stereocenters. The van der Waals surface area contributed by atoms with Crippen molar-refractivity contribution in [3.8, 4) is 44.5 Å². The SMILES string of the molecule is c1ccc(-c2ccc(-c3cc(-c4ccccc4CCC4c5ccccc5-c5ccccc54)ccc3N(c3ccccc3)c3ccc4c5ccccc5c5ccccc5c4c3)cc2)cc1. The zero-order valence-corrected chi connectivity index (χ0v) is 35.5. The fourth-order valence-electron chi connectivity index (χ4n) is 10.5. The predicted molar refractivity (Wildman–Crippen MR) is 272 cm³/mol. The van der Waals surface area contributed by atoms with Crippen molar-refractivity contribution in [3.63, 3.8) is 0 Å². The highest BCUT2D eigenvalue weighted by molar-refractivity contribution is 6.25. The molecule has 302 valence electrons. The number of hydrogen-bond acceptors (Lipinski definition) is 1. The molecule has 0 spiro atoms. The molecule has 1 nitrogen and oxygen atoms in total. The van der Waals surface area contributed by atoms with Gasteiger partial charge in [0.05, 0.1) is 5.69 Å². The summed E-state index contributed by atoms with van der Waals surface area (Å²) in [5, 5.41) is 7.61. The van der Waals surface area contributed by atoms with E-state index in [1.165, 1.54) is 93.5 Å². The van der Waals surface area contributed by atoms with E-state index in [9.17, 15) is 0 Å². The van der Waals surface area contributed by atoms with E-state index >= 15 is 0 Å². The van der Waals surface area contributed by atoms with E-state index in [0.717, 1.165) is 29.9 Å². The molecular formula is C63H45N. The largest absolute Gasteiger partial charge is 0.310 e. The number of hydrogen-bond donors (Lipinski definition) is 0. The highest BCUT2D eigenvalue weighted by atomic mass is 15.1. The highest BCUT2D eigenvalue weighted by Crippen LogP contribution is 2.48. The topological polar surface area (TPSA) is 3.24 Å². The second-order valence-corrected chi connectivity index (χ2v) is 17.1. The molecule has 1 heteroatoms. The summed E-state index contributed by atoms with van der Waals surface area (Å²) in [7, 11) is 0. The van der Waals surface area contributed by atoms with Gasteiger partial charge >= 0.3 is 0 Å². The van der Waals surface area contributed by atoms with Gasteiger partial charge in [0.2, 0.25) is 0 Å². The van der Waals surface area contributed by atoms with Crippen LogP contribution in [-0.4, -0.2) is 0 Å². The molecule has 0 atom stereocenters. The molecule has 0 heterocycles. The minimum absolute atomic E-state index is 0.373. The fourth-order valence-corrected chi connectivity index (χ4v) is 10.5. The molecule has 0 saturated heterocycles. The van der Waals surface area contributed by atoms with Gasteiger partial charge in [0.1, 0.15) is 0 Å². The first-order valence-electron chi connectivity index (χ1n) is 22.5. The first-order valence-corrected chi connectivity index (χ1v) is 22.5. The third-order valence-electron chi connectivity index (χ3n) is 13.5. The summed E-state index contributed by atoms with van der Waals surface area (Å²) in [4.78, 5) is 2.45. The molecule has 0 fully saturated rings.